The summed E-state index contributed by atoms with van der Waals surface area (Å²) >= 11 is 1.06. The van der Waals surface area contributed by atoms with Gasteiger partial charge in [-0.15, -0.1) is 0 Å². The Morgan fingerprint density at radius 2 is 2.05 bits per heavy atom. The fourth-order valence-corrected chi connectivity index (χ4v) is 2.48. The highest BCUT2D eigenvalue weighted by atomic mass is 32.2. The summed E-state index contributed by atoms with van der Waals surface area (Å²) in [5.74, 6) is -1.68. The van der Waals surface area contributed by atoms with E-state index >= 15 is 0 Å². The number of Topliss-reactive ketones (excluding diaryl/α,β-unsaturated/α-hetero) is 1. The SMILES string of the molecule is CCC(=O)c1ccc(Sc2cc(C(=O)O)ccc2F)cn1. The van der Waals surface area contributed by atoms with E-state index in [-0.39, 0.29) is 16.2 Å². The van der Waals surface area contributed by atoms with E-state index in [1.165, 1.54) is 18.3 Å². The molecule has 0 radical (unpaired) electrons. The van der Waals surface area contributed by atoms with Crippen LogP contribution in [0.25, 0.3) is 0 Å². The van der Waals surface area contributed by atoms with Crippen LogP contribution in [0, 0.1) is 5.82 Å². The molecule has 0 fully saturated rings. The Hall–Kier alpha value is -2.21. The summed E-state index contributed by atoms with van der Waals surface area (Å²) in [6.07, 6.45) is 1.84. The average molecular weight is 305 g/mol. The van der Waals surface area contributed by atoms with Gasteiger partial charge in [0.2, 0.25) is 0 Å². The third-order valence-electron chi connectivity index (χ3n) is 2.75. The summed E-state index contributed by atoms with van der Waals surface area (Å²) in [6, 6.07) is 6.84. The molecule has 1 aromatic carbocycles. The van der Waals surface area contributed by atoms with Gasteiger partial charge in [0.1, 0.15) is 11.5 Å². The number of nitrogens with zero attached hydrogens (tertiary/aromatic N) is 1. The van der Waals surface area contributed by atoms with Gasteiger partial charge in [-0.25, -0.2) is 9.18 Å². The molecule has 0 aliphatic carbocycles. The van der Waals surface area contributed by atoms with Crippen molar-refractivity contribution in [2.75, 3.05) is 0 Å². The molecule has 4 nitrogen and oxygen atoms in total. The van der Waals surface area contributed by atoms with Crippen molar-refractivity contribution in [2.45, 2.75) is 23.1 Å². The van der Waals surface area contributed by atoms with Gasteiger partial charge < -0.3 is 5.11 Å². The second-order valence-corrected chi connectivity index (χ2v) is 5.32. The van der Waals surface area contributed by atoms with Crippen molar-refractivity contribution in [1.29, 1.82) is 0 Å². The van der Waals surface area contributed by atoms with Gasteiger partial charge in [0.05, 0.1) is 5.56 Å². The molecule has 0 amide bonds. The predicted octanol–water partition coefficient (Wildman–Crippen LogP) is 3.66. The lowest BCUT2D eigenvalue weighted by molar-refractivity contribution is 0.0696. The normalized spacial score (nSPS) is 10.4. The second-order valence-electron chi connectivity index (χ2n) is 4.21. The van der Waals surface area contributed by atoms with Crippen LogP contribution in [-0.4, -0.2) is 21.8 Å². The van der Waals surface area contributed by atoms with Gasteiger partial charge in [0.25, 0.3) is 0 Å². The summed E-state index contributed by atoms with van der Waals surface area (Å²) in [5.41, 5.74) is 0.381. The van der Waals surface area contributed by atoms with Crippen LogP contribution < -0.4 is 0 Å². The molecular weight excluding hydrogens is 293 g/mol. The zero-order chi connectivity index (χ0) is 15.4. The van der Waals surface area contributed by atoms with Crippen LogP contribution in [-0.2, 0) is 0 Å². The number of benzene rings is 1. The van der Waals surface area contributed by atoms with Crippen molar-refractivity contribution in [3.63, 3.8) is 0 Å². The van der Waals surface area contributed by atoms with Gasteiger partial charge >= 0.3 is 5.97 Å². The van der Waals surface area contributed by atoms with Crippen LogP contribution in [0.4, 0.5) is 4.39 Å². The van der Waals surface area contributed by atoms with Crippen molar-refractivity contribution < 1.29 is 19.1 Å². The Morgan fingerprint density at radius 3 is 2.62 bits per heavy atom. The lowest BCUT2D eigenvalue weighted by atomic mass is 10.2. The maximum atomic E-state index is 13.7. The molecule has 0 saturated carbocycles. The number of halogens is 1. The number of rotatable bonds is 5. The molecule has 6 heteroatoms. The van der Waals surface area contributed by atoms with E-state index in [1.54, 1.807) is 19.1 Å². The Balaban J connectivity index is 2.23. The van der Waals surface area contributed by atoms with Crippen molar-refractivity contribution >= 4 is 23.5 Å². The molecule has 1 heterocycles. The third kappa shape index (κ3) is 3.66. The molecule has 0 unspecified atom stereocenters. The molecule has 2 rings (SSSR count). The maximum absolute atomic E-state index is 13.7. The van der Waals surface area contributed by atoms with Crippen LogP contribution in [0.1, 0.15) is 34.2 Å². The first-order valence-corrected chi connectivity index (χ1v) is 7.03. The molecule has 0 bridgehead atoms. The monoisotopic (exact) mass is 305 g/mol. The van der Waals surface area contributed by atoms with E-state index in [4.69, 9.17) is 5.11 Å². The summed E-state index contributed by atoms with van der Waals surface area (Å²) < 4.78 is 13.7. The molecule has 21 heavy (non-hydrogen) atoms. The molecule has 2 aromatic rings. The second kappa shape index (κ2) is 6.49. The van der Waals surface area contributed by atoms with Crippen LogP contribution >= 0.6 is 11.8 Å². The fourth-order valence-electron chi connectivity index (χ4n) is 1.63. The minimum absolute atomic E-state index is 0.0182. The highest BCUT2D eigenvalue weighted by Crippen LogP contribution is 2.30. The van der Waals surface area contributed by atoms with E-state index in [0.29, 0.717) is 17.0 Å². The van der Waals surface area contributed by atoms with Crippen LogP contribution in [0.2, 0.25) is 0 Å². The molecular formula is C15H12FNO3S. The van der Waals surface area contributed by atoms with Crippen molar-refractivity contribution in [1.82, 2.24) is 4.98 Å². The average Bonchev–Trinajstić information content (AvgIpc) is 2.49. The number of pyridine rings is 1. The molecule has 0 spiro atoms. The lowest BCUT2D eigenvalue weighted by Gasteiger charge is -2.05. The van der Waals surface area contributed by atoms with Gasteiger partial charge in [0.15, 0.2) is 5.78 Å². The molecule has 0 aliphatic rings. The van der Waals surface area contributed by atoms with E-state index in [9.17, 15) is 14.0 Å². The topological polar surface area (TPSA) is 67.3 Å². The summed E-state index contributed by atoms with van der Waals surface area (Å²) in [4.78, 5) is 27.2. The molecule has 108 valence electrons. The predicted molar refractivity (Wildman–Crippen MR) is 76.3 cm³/mol. The first-order valence-electron chi connectivity index (χ1n) is 6.21. The van der Waals surface area contributed by atoms with Crippen molar-refractivity contribution in [2.24, 2.45) is 0 Å². The first-order chi connectivity index (χ1) is 10.0. The maximum Gasteiger partial charge on any atom is 0.335 e. The zero-order valence-electron chi connectivity index (χ0n) is 11.2. The molecule has 0 saturated heterocycles. The number of carbonyl (C=O) groups is 2. The van der Waals surface area contributed by atoms with Gasteiger partial charge in [-0.05, 0) is 30.3 Å². The van der Waals surface area contributed by atoms with Gasteiger partial charge in [0, 0.05) is 22.4 Å². The Morgan fingerprint density at radius 1 is 1.29 bits per heavy atom. The van der Waals surface area contributed by atoms with Crippen molar-refractivity contribution in [3.8, 4) is 0 Å². The summed E-state index contributed by atoms with van der Waals surface area (Å²) in [6.45, 7) is 1.75. The Labute approximate surface area is 125 Å². The van der Waals surface area contributed by atoms with E-state index in [1.807, 2.05) is 0 Å². The lowest BCUT2D eigenvalue weighted by Crippen LogP contribution is -1.99. The third-order valence-corrected chi connectivity index (χ3v) is 3.76. The Bertz CT molecular complexity index is 686. The van der Waals surface area contributed by atoms with E-state index in [2.05, 4.69) is 4.98 Å². The standard InChI is InChI=1S/C15H12FNO3S/c1-2-13(18)12-6-4-10(8-17-12)21-14-7-9(15(19)20)3-5-11(14)16/h3-8H,2H2,1H3,(H,19,20). The fraction of sp³-hybridized carbons (Fsp3) is 0.133. The van der Waals surface area contributed by atoms with Gasteiger partial charge in [-0.1, -0.05) is 18.7 Å². The van der Waals surface area contributed by atoms with Gasteiger partial charge in [-0.2, -0.15) is 0 Å². The number of carboxylic acid groups (broad SMARTS) is 1. The number of aromatic nitrogens is 1. The summed E-state index contributed by atoms with van der Waals surface area (Å²) in [5, 5.41) is 8.91. The smallest absolute Gasteiger partial charge is 0.335 e. The number of hydrogen-bond acceptors (Lipinski definition) is 4. The largest absolute Gasteiger partial charge is 0.478 e. The van der Waals surface area contributed by atoms with Crippen molar-refractivity contribution in [3.05, 3.63) is 53.6 Å². The Kier molecular flexibility index (Phi) is 4.70. The quantitative estimate of drug-likeness (QED) is 0.854. The zero-order valence-corrected chi connectivity index (χ0v) is 12.0. The number of aromatic carboxylic acids is 1. The number of hydrogen-bond donors (Lipinski definition) is 1. The van der Waals surface area contributed by atoms with E-state index < -0.39 is 11.8 Å². The van der Waals surface area contributed by atoms with Crippen LogP contribution in [0.15, 0.2) is 46.3 Å². The van der Waals surface area contributed by atoms with Crippen LogP contribution in [0.5, 0.6) is 0 Å². The molecule has 0 aliphatic heterocycles. The van der Waals surface area contributed by atoms with E-state index in [0.717, 1.165) is 17.8 Å². The summed E-state index contributed by atoms with van der Waals surface area (Å²) in [7, 11) is 0. The molecule has 1 aromatic heterocycles. The molecule has 1 N–H and O–H groups in total. The number of ketones is 1. The minimum Gasteiger partial charge on any atom is -0.478 e. The highest BCUT2D eigenvalue weighted by Gasteiger charge is 2.11. The van der Waals surface area contributed by atoms with Crippen LogP contribution in [0.3, 0.4) is 0 Å². The first kappa shape index (κ1) is 15.2. The molecule has 0 atom stereocenters. The number of carboxylic acids is 1. The minimum atomic E-state index is -1.11. The highest BCUT2D eigenvalue weighted by molar-refractivity contribution is 7.99. The van der Waals surface area contributed by atoms with Gasteiger partial charge in [-0.3, -0.25) is 9.78 Å². The number of carbonyl (C=O) groups excluding carboxylic acids is 1.